The average Bonchev–Trinajstić information content (AvgIpc) is 3.68. The Morgan fingerprint density at radius 1 is 0.660 bits per heavy atom. The molecule has 0 radical (unpaired) electrons. The van der Waals surface area contributed by atoms with Crippen molar-refractivity contribution in [2.45, 2.75) is 38.9 Å². The first-order chi connectivity index (χ1) is 25.9. The van der Waals surface area contributed by atoms with Gasteiger partial charge in [-0.15, -0.1) is 0 Å². The Bertz CT molecular complexity index is 2040. The van der Waals surface area contributed by atoms with Crippen LogP contribution in [0, 0.1) is 6.92 Å². The van der Waals surface area contributed by atoms with Crippen molar-refractivity contribution in [3.8, 4) is 62.8 Å². The van der Waals surface area contributed by atoms with Gasteiger partial charge in [-0.25, -0.2) is 0 Å². The number of benzene rings is 3. The standard InChI is InChI=1S/C42H46N4O7/c1-27-17-30(20-38(47-2)41(27)50-5)34-19-29(10-14-43-34)25-46(33-7-8-36-37(23-33)53-26-52-36)32-11-15-45(16-12-32)24-28-9-13-44-35(18-28)31-21-39(48-3)42(51-6)40(22-31)49-4/h7-10,13-14,17-23,32H,11-12,15-16,24-26H2,1-6H3. The largest absolute Gasteiger partial charge is 0.493 e. The number of nitrogens with zero attached hydrogens (tertiary/aromatic N) is 4. The number of anilines is 1. The molecule has 4 heterocycles. The zero-order valence-corrected chi connectivity index (χ0v) is 31.2. The Balaban J connectivity index is 1.09. The van der Waals surface area contributed by atoms with Gasteiger partial charge in [0.1, 0.15) is 0 Å². The van der Waals surface area contributed by atoms with E-state index < -0.39 is 0 Å². The van der Waals surface area contributed by atoms with Gasteiger partial charge in [0.25, 0.3) is 0 Å². The summed E-state index contributed by atoms with van der Waals surface area (Å²) >= 11 is 0. The quantitative estimate of drug-likeness (QED) is 0.121. The molecular weight excluding hydrogens is 672 g/mol. The monoisotopic (exact) mass is 718 g/mol. The second-order valence-electron chi connectivity index (χ2n) is 13.2. The van der Waals surface area contributed by atoms with Crippen molar-refractivity contribution in [3.05, 3.63) is 95.8 Å². The lowest BCUT2D eigenvalue weighted by Gasteiger charge is -2.40. The van der Waals surface area contributed by atoms with Crippen LogP contribution in [-0.4, -0.2) is 76.3 Å². The van der Waals surface area contributed by atoms with Crippen molar-refractivity contribution >= 4 is 5.69 Å². The van der Waals surface area contributed by atoms with Crippen LogP contribution in [0.4, 0.5) is 5.69 Å². The number of rotatable bonds is 13. The minimum Gasteiger partial charge on any atom is -0.493 e. The van der Waals surface area contributed by atoms with Crippen LogP contribution in [0.2, 0.25) is 0 Å². The molecule has 3 aromatic carbocycles. The highest BCUT2D eigenvalue weighted by Gasteiger charge is 2.27. The zero-order chi connectivity index (χ0) is 36.9. The van der Waals surface area contributed by atoms with E-state index in [1.165, 1.54) is 11.1 Å². The van der Waals surface area contributed by atoms with Crippen LogP contribution >= 0.6 is 0 Å². The van der Waals surface area contributed by atoms with Crippen LogP contribution in [0.25, 0.3) is 22.5 Å². The van der Waals surface area contributed by atoms with Gasteiger partial charge in [-0.2, -0.15) is 0 Å². The smallest absolute Gasteiger partial charge is 0.231 e. The second kappa shape index (κ2) is 15.9. The predicted molar refractivity (Wildman–Crippen MR) is 204 cm³/mol. The van der Waals surface area contributed by atoms with E-state index in [1.54, 1.807) is 35.5 Å². The van der Waals surface area contributed by atoms with E-state index in [0.29, 0.717) is 35.6 Å². The summed E-state index contributed by atoms with van der Waals surface area (Å²) in [6.45, 7) is 5.72. The molecule has 53 heavy (non-hydrogen) atoms. The van der Waals surface area contributed by atoms with E-state index in [4.69, 9.17) is 38.1 Å². The summed E-state index contributed by atoms with van der Waals surface area (Å²) in [4.78, 5) is 14.4. The van der Waals surface area contributed by atoms with Crippen molar-refractivity contribution in [2.24, 2.45) is 0 Å². The van der Waals surface area contributed by atoms with Crippen molar-refractivity contribution in [1.29, 1.82) is 0 Å². The van der Waals surface area contributed by atoms with Crippen molar-refractivity contribution in [2.75, 3.05) is 60.3 Å². The lowest BCUT2D eigenvalue weighted by atomic mass is 9.99. The third-order valence-corrected chi connectivity index (χ3v) is 10.0. The number of pyridine rings is 2. The normalized spacial score (nSPS) is 14.2. The average molecular weight is 719 g/mol. The lowest BCUT2D eigenvalue weighted by Crippen LogP contribution is -2.44. The number of methoxy groups -OCH3 is 5. The molecule has 0 atom stereocenters. The molecule has 276 valence electrons. The molecule has 0 N–H and O–H groups in total. The van der Waals surface area contributed by atoms with Crippen LogP contribution < -0.4 is 38.1 Å². The Morgan fingerprint density at radius 2 is 1.25 bits per heavy atom. The highest BCUT2D eigenvalue weighted by Crippen LogP contribution is 2.42. The summed E-state index contributed by atoms with van der Waals surface area (Å²) in [7, 11) is 8.17. The van der Waals surface area contributed by atoms with Gasteiger partial charge in [0, 0.05) is 67.5 Å². The van der Waals surface area contributed by atoms with Crippen LogP contribution in [0.5, 0.6) is 40.2 Å². The number of aryl methyl sites for hydroxylation is 1. The fourth-order valence-corrected chi connectivity index (χ4v) is 7.33. The second-order valence-corrected chi connectivity index (χ2v) is 13.2. The molecule has 5 aromatic rings. The number of hydrogen-bond acceptors (Lipinski definition) is 11. The molecule has 0 unspecified atom stereocenters. The first-order valence-corrected chi connectivity index (χ1v) is 17.7. The highest BCUT2D eigenvalue weighted by molar-refractivity contribution is 5.69. The fraction of sp³-hybridized carbons (Fsp3) is 0.333. The van der Waals surface area contributed by atoms with Crippen LogP contribution in [0.1, 0.15) is 29.5 Å². The van der Waals surface area contributed by atoms with Gasteiger partial charge in [-0.3, -0.25) is 14.9 Å². The fourth-order valence-electron chi connectivity index (χ4n) is 7.33. The maximum atomic E-state index is 5.80. The first-order valence-electron chi connectivity index (χ1n) is 17.7. The summed E-state index contributed by atoms with van der Waals surface area (Å²) in [5, 5.41) is 0. The molecule has 2 aliphatic rings. The molecule has 0 saturated carbocycles. The Hall–Kier alpha value is -5.68. The SMILES string of the molecule is COc1cc(-c2cc(CN(c3ccc4c(c3)OCO4)C3CCN(Cc4ccnc(-c5cc(OC)c(OC)c(OC)c5)c4)CC3)ccn2)cc(C)c1OC. The Labute approximate surface area is 311 Å². The third kappa shape index (κ3) is 7.61. The molecule has 1 saturated heterocycles. The van der Waals surface area contributed by atoms with E-state index >= 15 is 0 Å². The highest BCUT2D eigenvalue weighted by atomic mass is 16.7. The summed E-state index contributed by atoms with van der Waals surface area (Å²) in [6, 6.07) is 23.0. The third-order valence-electron chi connectivity index (χ3n) is 10.0. The summed E-state index contributed by atoms with van der Waals surface area (Å²) in [6.07, 6.45) is 5.77. The van der Waals surface area contributed by atoms with Crippen molar-refractivity contribution < 1.29 is 33.2 Å². The van der Waals surface area contributed by atoms with Crippen LogP contribution in [-0.2, 0) is 13.1 Å². The van der Waals surface area contributed by atoms with Gasteiger partial charge >= 0.3 is 0 Å². The van der Waals surface area contributed by atoms with Gasteiger partial charge in [0.2, 0.25) is 12.5 Å². The number of ether oxygens (including phenoxy) is 7. The molecule has 0 amide bonds. The molecule has 11 nitrogen and oxygen atoms in total. The minimum absolute atomic E-state index is 0.242. The van der Waals surface area contributed by atoms with Crippen LogP contribution in [0.15, 0.2) is 79.1 Å². The molecule has 2 aliphatic heterocycles. The number of aromatic nitrogens is 2. The van der Waals surface area contributed by atoms with Crippen molar-refractivity contribution in [1.82, 2.24) is 14.9 Å². The molecular formula is C42H46N4O7. The minimum atomic E-state index is 0.242. The van der Waals surface area contributed by atoms with Crippen LogP contribution in [0.3, 0.4) is 0 Å². The molecule has 0 bridgehead atoms. The lowest BCUT2D eigenvalue weighted by molar-refractivity contribution is 0.174. The predicted octanol–water partition coefficient (Wildman–Crippen LogP) is 7.56. The van der Waals surface area contributed by atoms with E-state index in [-0.39, 0.29) is 6.79 Å². The topological polar surface area (TPSA) is 96.9 Å². The number of fused-ring (bicyclic) bond motifs is 1. The zero-order valence-electron chi connectivity index (χ0n) is 31.2. The molecule has 7 rings (SSSR count). The van der Waals surface area contributed by atoms with Crippen molar-refractivity contribution in [3.63, 3.8) is 0 Å². The van der Waals surface area contributed by atoms with E-state index in [1.807, 2.05) is 43.6 Å². The van der Waals surface area contributed by atoms with Gasteiger partial charge in [0.15, 0.2) is 34.5 Å². The number of piperidine rings is 1. The molecule has 2 aromatic heterocycles. The Morgan fingerprint density at radius 3 is 1.89 bits per heavy atom. The van der Waals surface area contributed by atoms with Gasteiger partial charge < -0.3 is 38.1 Å². The maximum Gasteiger partial charge on any atom is 0.231 e. The summed E-state index contributed by atoms with van der Waals surface area (Å²) in [5.74, 6) is 4.74. The molecule has 1 fully saturated rings. The van der Waals surface area contributed by atoms with Gasteiger partial charge in [-0.05, 0) is 97.1 Å². The number of likely N-dealkylation sites (tertiary alicyclic amines) is 1. The molecule has 0 aliphatic carbocycles. The van der Waals surface area contributed by atoms with E-state index in [2.05, 4.69) is 57.2 Å². The van der Waals surface area contributed by atoms with E-state index in [0.717, 1.165) is 83.5 Å². The first kappa shape index (κ1) is 35.7. The summed E-state index contributed by atoms with van der Waals surface area (Å²) < 4.78 is 39.4. The van der Waals surface area contributed by atoms with E-state index in [9.17, 15) is 0 Å². The van der Waals surface area contributed by atoms with Gasteiger partial charge in [0.05, 0.1) is 46.9 Å². The molecule has 11 heteroatoms. The molecule has 0 spiro atoms. The maximum absolute atomic E-state index is 5.80. The Kier molecular flexibility index (Phi) is 10.7. The summed E-state index contributed by atoms with van der Waals surface area (Å²) in [5.41, 5.74) is 8.09. The number of hydrogen-bond donors (Lipinski definition) is 0. The van der Waals surface area contributed by atoms with Gasteiger partial charge in [-0.1, -0.05) is 0 Å².